The van der Waals surface area contributed by atoms with Gasteiger partial charge in [0.1, 0.15) is 0 Å². The van der Waals surface area contributed by atoms with Crippen molar-refractivity contribution in [1.82, 2.24) is 0 Å². The summed E-state index contributed by atoms with van der Waals surface area (Å²) in [5, 5.41) is 0. The monoisotopic (exact) mass is 290 g/mol. The van der Waals surface area contributed by atoms with E-state index in [1.54, 1.807) is 0 Å². The summed E-state index contributed by atoms with van der Waals surface area (Å²) in [7, 11) is 0. The third-order valence-corrected chi connectivity index (χ3v) is 0. The van der Waals surface area contributed by atoms with Crippen molar-refractivity contribution >= 4 is 18.3 Å². The summed E-state index contributed by atoms with van der Waals surface area (Å²) in [5.74, 6) is 0. The van der Waals surface area contributed by atoms with Crippen molar-refractivity contribution in [2.45, 2.75) is 0 Å². The molecule has 4 heteroatoms. The van der Waals surface area contributed by atoms with E-state index in [2.05, 4.69) is 0 Å². The fourth-order valence-electron chi connectivity index (χ4n) is 0. The molecule has 0 aliphatic carbocycles. The predicted octanol–water partition coefficient (Wildman–Crippen LogP) is -0.328. The SMILES string of the molecule is P.[B].[Ni].[Re]. The predicted molar refractivity (Wildman–Crippen MR) is 16.9 cm³/mol. The molecule has 0 N–H and O–H groups in total. The van der Waals surface area contributed by atoms with E-state index in [9.17, 15) is 0 Å². The van der Waals surface area contributed by atoms with E-state index < -0.39 is 0 Å². The molecule has 0 saturated carbocycles. The molecule has 0 aromatic heterocycles. The fraction of sp³-hybridized carbons (Fsp3) is 0. The van der Waals surface area contributed by atoms with Crippen molar-refractivity contribution in [1.29, 1.82) is 0 Å². The van der Waals surface area contributed by atoms with Gasteiger partial charge in [0.05, 0.1) is 0 Å². The van der Waals surface area contributed by atoms with Gasteiger partial charge in [-0.3, -0.25) is 0 Å². The molecule has 1 unspecified atom stereocenters. The molecule has 0 rings (SSSR count). The number of hydrogen-bond acceptors (Lipinski definition) is 0. The Morgan fingerprint density at radius 3 is 1.00 bits per heavy atom. The number of rotatable bonds is 0. The van der Waals surface area contributed by atoms with Crippen LogP contribution in [0.2, 0.25) is 0 Å². The molecule has 0 aromatic rings. The van der Waals surface area contributed by atoms with Gasteiger partial charge in [0.25, 0.3) is 0 Å². The first-order chi connectivity index (χ1) is 0. The summed E-state index contributed by atoms with van der Waals surface area (Å²) >= 11 is 0. The van der Waals surface area contributed by atoms with Crippen LogP contribution in [0.4, 0.5) is 0 Å². The smallest absolute Gasteiger partial charge is 0 e. The van der Waals surface area contributed by atoms with E-state index in [4.69, 9.17) is 0 Å². The second kappa shape index (κ2) is 22.7. The molecule has 0 nitrogen and oxygen atoms in total. The molecule has 0 fully saturated rings. The fourth-order valence-corrected chi connectivity index (χ4v) is 0. The van der Waals surface area contributed by atoms with Crippen molar-refractivity contribution in [3.05, 3.63) is 0 Å². The van der Waals surface area contributed by atoms with Gasteiger partial charge in [0.2, 0.25) is 0 Å². The molecule has 0 aliphatic heterocycles. The van der Waals surface area contributed by atoms with E-state index in [0.29, 0.717) is 0 Å². The number of hydrogen-bond donors (Lipinski definition) is 0. The third-order valence-electron chi connectivity index (χ3n) is 0. The molecule has 0 amide bonds. The van der Waals surface area contributed by atoms with Gasteiger partial charge in [-0.25, -0.2) is 0 Å². The van der Waals surface area contributed by atoms with Crippen molar-refractivity contribution in [3.63, 3.8) is 0 Å². The van der Waals surface area contributed by atoms with Crippen LogP contribution in [0.3, 0.4) is 0 Å². The molecule has 0 aliphatic rings. The Hall–Kier alpha value is 1.65. The molecule has 28 valence electrons. The largest absolute Gasteiger partial charge is 0.153 e. The molecule has 0 saturated heterocycles. The topological polar surface area (TPSA) is 0 Å². The van der Waals surface area contributed by atoms with E-state index in [1.165, 1.54) is 0 Å². The summed E-state index contributed by atoms with van der Waals surface area (Å²) in [6.45, 7) is 0. The molecule has 4 radical (unpaired) electrons. The summed E-state index contributed by atoms with van der Waals surface area (Å²) in [6.07, 6.45) is 0. The Labute approximate surface area is 55.3 Å². The average Bonchev–Trinajstić information content (AvgIpc) is 0. The molecule has 0 spiro atoms. The molecular formula is H3BNiPRe. The maximum absolute atomic E-state index is 0. The van der Waals surface area contributed by atoms with Gasteiger partial charge >= 0.3 is 0 Å². The zero-order valence-corrected chi connectivity index (χ0v) is 7.10. The first kappa shape index (κ1) is 44.9. The molecular weight excluding hydrogens is 287 g/mol. The molecule has 0 heterocycles. The standard InChI is InChI=1S/B.Ni.H3P.Re/h;;1H3;. The summed E-state index contributed by atoms with van der Waals surface area (Å²) in [6, 6.07) is 0. The van der Waals surface area contributed by atoms with Crippen LogP contribution < -0.4 is 0 Å². The molecule has 1 atom stereocenters. The van der Waals surface area contributed by atoms with E-state index in [0.717, 1.165) is 0 Å². The Bertz CT molecular complexity index is 8.00. The van der Waals surface area contributed by atoms with E-state index in [1.807, 2.05) is 0 Å². The minimum Gasteiger partial charge on any atom is -0.153 e. The second-order valence-electron chi connectivity index (χ2n) is 0. The second-order valence-corrected chi connectivity index (χ2v) is 0. The Kier molecular flexibility index (Phi) is 255. The van der Waals surface area contributed by atoms with Crippen molar-refractivity contribution in [2.75, 3.05) is 0 Å². The van der Waals surface area contributed by atoms with Crippen LogP contribution in [0.25, 0.3) is 0 Å². The van der Waals surface area contributed by atoms with Crippen molar-refractivity contribution in [3.8, 4) is 0 Å². The van der Waals surface area contributed by atoms with Crippen LogP contribution >= 0.6 is 9.90 Å². The van der Waals surface area contributed by atoms with Gasteiger partial charge in [-0.15, -0.1) is 0 Å². The Balaban J connectivity index is 0. The summed E-state index contributed by atoms with van der Waals surface area (Å²) in [5.41, 5.74) is 0. The van der Waals surface area contributed by atoms with Crippen LogP contribution in [0.5, 0.6) is 0 Å². The van der Waals surface area contributed by atoms with Crippen LogP contribution in [0.1, 0.15) is 0 Å². The summed E-state index contributed by atoms with van der Waals surface area (Å²) < 4.78 is 0. The molecule has 0 aromatic carbocycles. The Morgan fingerprint density at radius 2 is 1.00 bits per heavy atom. The first-order valence-corrected chi connectivity index (χ1v) is 0. The van der Waals surface area contributed by atoms with E-state index >= 15 is 0 Å². The van der Waals surface area contributed by atoms with Gasteiger partial charge in [0.15, 0.2) is 0 Å². The van der Waals surface area contributed by atoms with Crippen molar-refractivity contribution < 1.29 is 36.9 Å². The maximum atomic E-state index is 0. The zero-order chi connectivity index (χ0) is 0. The summed E-state index contributed by atoms with van der Waals surface area (Å²) in [4.78, 5) is 0. The Morgan fingerprint density at radius 1 is 1.00 bits per heavy atom. The van der Waals surface area contributed by atoms with Gasteiger partial charge in [-0.05, 0) is 0 Å². The third kappa shape index (κ3) is 9.41. The normalized spacial score (nSPS) is 0. The van der Waals surface area contributed by atoms with Gasteiger partial charge in [0, 0.05) is 45.3 Å². The van der Waals surface area contributed by atoms with Gasteiger partial charge < -0.3 is 0 Å². The molecule has 0 bridgehead atoms. The average molecular weight is 290 g/mol. The van der Waals surface area contributed by atoms with Crippen LogP contribution in [0, 0.1) is 0 Å². The van der Waals surface area contributed by atoms with E-state index in [-0.39, 0.29) is 55.2 Å². The van der Waals surface area contributed by atoms with Gasteiger partial charge in [-0.1, -0.05) is 0 Å². The van der Waals surface area contributed by atoms with Gasteiger partial charge in [-0.2, -0.15) is 9.90 Å². The minimum atomic E-state index is 0. The zero-order valence-electron chi connectivity index (χ0n) is 1.98. The maximum Gasteiger partial charge on any atom is 0 e. The van der Waals surface area contributed by atoms with Crippen molar-refractivity contribution in [2.24, 2.45) is 0 Å². The van der Waals surface area contributed by atoms with Crippen LogP contribution in [0.15, 0.2) is 0 Å². The molecule has 4 heavy (non-hydrogen) atoms. The minimum absolute atomic E-state index is 0. The van der Waals surface area contributed by atoms with Crippen LogP contribution in [-0.4, -0.2) is 8.41 Å². The van der Waals surface area contributed by atoms with Crippen LogP contribution in [-0.2, 0) is 36.9 Å². The quantitative estimate of drug-likeness (QED) is 0.423. The first-order valence-electron chi connectivity index (χ1n) is 0.